The lowest BCUT2D eigenvalue weighted by molar-refractivity contribution is 0.487. The van der Waals surface area contributed by atoms with E-state index in [2.05, 4.69) is 206 Å². The number of fused-ring (bicyclic) bond motifs is 7. The second-order valence-corrected chi connectivity index (χ2v) is 15.2. The Morgan fingerprint density at radius 2 is 0.929 bits per heavy atom. The van der Waals surface area contributed by atoms with E-state index in [4.69, 9.17) is 4.74 Å². The van der Waals surface area contributed by atoms with Gasteiger partial charge in [-0.1, -0.05) is 164 Å². The third-order valence-electron chi connectivity index (χ3n) is 12.3. The van der Waals surface area contributed by atoms with Gasteiger partial charge in [0.1, 0.15) is 11.5 Å². The molecule has 0 N–H and O–H groups in total. The Kier molecular flexibility index (Phi) is 6.62. The van der Waals surface area contributed by atoms with Crippen LogP contribution >= 0.6 is 0 Å². The zero-order valence-corrected chi connectivity index (χ0v) is 30.5. The van der Waals surface area contributed by atoms with Crippen LogP contribution in [0.4, 0.5) is 0 Å². The number of hydrogen-bond donors (Lipinski definition) is 0. The standard InChI is InChI=1S/C55H34O/c1-3-20-41(21-4-1)55(42-22-5-2-6-23-42)49-33-38-16-8-7-15-37(38)31-48(49)54-47(44-25-11-17-35-14-9-10-24-43(35)44)32-40(34-50(54)55)39-28-29-51-46(30-39)45-26-12-18-36-19-13-27-52(56-51)53(36)45/h1-34H. The highest BCUT2D eigenvalue weighted by molar-refractivity contribution is 6.08. The monoisotopic (exact) mass is 710 g/mol. The quantitative estimate of drug-likeness (QED) is 0.177. The van der Waals surface area contributed by atoms with Crippen LogP contribution in [0, 0.1) is 0 Å². The Bertz CT molecular complexity index is 3160. The van der Waals surface area contributed by atoms with Crippen molar-refractivity contribution in [2.45, 2.75) is 5.41 Å². The molecule has 10 aromatic carbocycles. The molecule has 1 aliphatic heterocycles. The van der Waals surface area contributed by atoms with Crippen LogP contribution in [0.2, 0.25) is 0 Å². The van der Waals surface area contributed by atoms with Crippen molar-refractivity contribution in [1.82, 2.24) is 0 Å². The van der Waals surface area contributed by atoms with Gasteiger partial charge in [-0.25, -0.2) is 0 Å². The summed E-state index contributed by atoms with van der Waals surface area (Å²) in [6, 6.07) is 76.2. The fourth-order valence-electron chi connectivity index (χ4n) is 9.88. The van der Waals surface area contributed by atoms with Gasteiger partial charge in [0.15, 0.2) is 0 Å². The SMILES string of the molecule is c1ccc(C2(c3ccccc3)c3cc4ccccc4cc3-c3c(-c4cccc5ccccc45)cc(-c4ccc5c(c4)-c4cccc6cccc(c46)O5)cc32)cc1. The molecule has 0 unspecified atom stereocenters. The third-order valence-corrected chi connectivity index (χ3v) is 12.3. The largest absolute Gasteiger partial charge is 0.456 e. The van der Waals surface area contributed by atoms with E-state index in [0.717, 1.165) is 22.6 Å². The molecule has 1 heteroatoms. The molecular weight excluding hydrogens is 677 g/mol. The third kappa shape index (κ3) is 4.37. The number of ether oxygens (including phenoxy) is 1. The molecule has 12 rings (SSSR count). The van der Waals surface area contributed by atoms with Crippen molar-refractivity contribution in [3.63, 3.8) is 0 Å². The molecule has 0 spiro atoms. The summed E-state index contributed by atoms with van der Waals surface area (Å²) in [6.07, 6.45) is 0. The lowest BCUT2D eigenvalue weighted by Crippen LogP contribution is -2.28. The summed E-state index contributed by atoms with van der Waals surface area (Å²) in [5.41, 5.74) is 14.2. The van der Waals surface area contributed by atoms with Gasteiger partial charge in [0.25, 0.3) is 0 Å². The molecule has 1 heterocycles. The molecule has 56 heavy (non-hydrogen) atoms. The van der Waals surface area contributed by atoms with Crippen LogP contribution in [0.15, 0.2) is 206 Å². The van der Waals surface area contributed by atoms with Gasteiger partial charge in [0.2, 0.25) is 0 Å². The maximum atomic E-state index is 6.58. The molecule has 10 aromatic rings. The molecule has 1 aliphatic carbocycles. The molecule has 0 amide bonds. The fourth-order valence-corrected chi connectivity index (χ4v) is 9.88. The molecule has 0 saturated heterocycles. The number of rotatable bonds is 4. The highest BCUT2D eigenvalue weighted by Crippen LogP contribution is 2.60. The van der Waals surface area contributed by atoms with Gasteiger partial charge in [-0.3, -0.25) is 0 Å². The van der Waals surface area contributed by atoms with Crippen LogP contribution in [0.1, 0.15) is 22.3 Å². The van der Waals surface area contributed by atoms with Crippen molar-refractivity contribution in [3.8, 4) is 56.0 Å². The van der Waals surface area contributed by atoms with Crippen molar-refractivity contribution in [3.05, 3.63) is 229 Å². The normalized spacial score (nSPS) is 13.3. The first-order valence-corrected chi connectivity index (χ1v) is 19.4. The van der Waals surface area contributed by atoms with Crippen molar-refractivity contribution in [2.24, 2.45) is 0 Å². The minimum Gasteiger partial charge on any atom is -0.456 e. The average molecular weight is 711 g/mol. The molecule has 0 radical (unpaired) electrons. The summed E-state index contributed by atoms with van der Waals surface area (Å²) < 4.78 is 6.58. The lowest BCUT2D eigenvalue weighted by atomic mass is 9.67. The summed E-state index contributed by atoms with van der Waals surface area (Å²) >= 11 is 0. The number of hydrogen-bond acceptors (Lipinski definition) is 1. The predicted molar refractivity (Wildman–Crippen MR) is 233 cm³/mol. The molecule has 0 bridgehead atoms. The molecule has 0 fully saturated rings. The lowest BCUT2D eigenvalue weighted by Gasteiger charge is -2.34. The summed E-state index contributed by atoms with van der Waals surface area (Å²) in [4.78, 5) is 0. The van der Waals surface area contributed by atoms with Crippen LogP contribution in [-0.2, 0) is 5.41 Å². The maximum Gasteiger partial charge on any atom is 0.135 e. The van der Waals surface area contributed by atoms with E-state index in [1.807, 2.05) is 0 Å². The summed E-state index contributed by atoms with van der Waals surface area (Å²) in [5, 5.41) is 7.32. The van der Waals surface area contributed by atoms with Crippen molar-refractivity contribution in [1.29, 1.82) is 0 Å². The van der Waals surface area contributed by atoms with Crippen molar-refractivity contribution >= 4 is 32.3 Å². The van der Waals surface area contributed by atoms with E-state index < -0.39 is 5.41 Å². The van der Waals surface area contributed by atoms with E-state index >= 15 is 0 Å². The highest BCUT2D eigenvalue weighted by Gasteiger charge is 2.47. The first-order chi connectivity index (χ1) is 27.8. The van der Waals surface area contributed by atoms with Crippen LogP contribution in [0.5, 0.6) is 11.5 Å². The molecule has 260 valence electrons. The zero-order valence-electron chi connectivity index (χ0n) is 30.5. The Morgan fingerprint density at radius 3 is 1.70 bits per heavy atom. The van der Waals surface area contributed by atoms with Crippen molar-refractivity contribution < 1.29 is 4.74 Å². The molecule has 0 aromatic heterocycles. The minimum atomic E-state index is -0.575. The van der Waals surface area contributed by atoms with Gasteiger partial charge < -0.3 is 4.74 Å². The van der Waals surface area contributed by atoms with E-state index in [1.165, 1.54) is 88.0 Å². The van der Waals surface area contributed by atoms with Gasteiger partial charge in [0, 0.05) is 10.9 Å². The first kappa shape index (κ1) is 31.2. The Hall–Kier alpha value is -7.22. The second kappa shape index (κ2) is 11.9. The molecule has 0 saturated carbocycles. The summed E-state index contributed by atoms with van der Waals surface area (Å²) in [6.45, 7) is 0. The van der Waals surface area contributed by atoms with Crippen LogP contribution in [0.3, 0.4) is 0 Å². The van der Waals surface area contributed by atoms with E-state index in [-0.39, 0.29) is 0 Å². The van der Waals surface area contributed by atoms with Gasteiger partial charge >= 0.3 is 0 Å². The fraction of sp³-hybridized carbons (Fsp3) is 0.0182. The summed E-state index contributed by atoms with van der Waals surface area (Å²) in [5.74, 6) is 1.80. The molecule has 0 atom stereocenters. The average Bonchev–Trinajstić information content (AvgIpc) is 3.55. The van der Waals surface area contributed by atoms with E-state index in [0.29, 0.717) is 0 Å². The van der Waals surface area contributed by atoms with Crippen LogP contribution in [-0.4, -0.2) is 0 Å². The molecular formula is C55H34O. The summed E-state index contributed by atoms with van der Waals surface area (Å²) in [7, 11) is 0. The highest BCUT2D eigenvalue weighted by atomic mass is 16.5. The van der Waals surface area contributed by atoms with Crippen LogP contribution < -0.4 is 4.74 Å². The predicted octanol–water partition coefficient (Wildman–Crippen LogP) is 14.6. The Balaban J connectivity index is 1.23. The Labute approximate surface area is 325 Å². The van der Waals surface area contributed by atoms with E-state index in [9.17, 15) is 0 Å². The Morgan fingerprint density at radius 1 is 0.321 bits per heavy atom. The topological polar surface area (TPSA) is 9.23 Å². The van der Waals surface area contributed by atoms with Gasteiger partial charge in [0.05, 0.1) is 5.41 Å². The van der Waals surface area contributed by atoms with Crippen molar-refractivity contribution in [2.75, 3.05) is 0 Å². The maximum absolute atomic E-state index is 6.58. The first-order valence-electron chi connectivity index (χ1n) is 19.4. The van der Waals surface area contributed by atoms with Crippen LogP contribution in [0.25, 0.3) is 76.8 Å². The minimum absolute atomic E-state index is 0.575. The smallest absolute Gasteiger partial charge is 0.135 e. The zero-order chi connectivity index (χ0) is 36.8. The van der Waals surface area contributed by atoms with E-state index in [1.54, 1.807) is 0 Å². The van der Waals surface area contributed by atoms with Gasteiger partial charge in [-0.2, -0.15) is 0 Å². The molecule has 1 nitrogen and oxygen atoms in total. The number of benzene rings is 10. The second-order valence-electron chi connectivity index (χ2n) is 15.2. The van der Waals surface area contributed by atoms with Gasteiger partial charge in [-0.05, 0) is 131 Å². The molecule has 2 aliphatic rings. The van der Waals surface area contributed by atoms with Gasteiger partial charge in [-0.15, -0.1) is 0 Å².